The molecule has 0 saturated carbocycles. The van der Waals surface area contributed by atoms with Gasteiger partial charge in [-0.15, -0.1) is 0 Å². The highest BCUT2D eigenvalue weighted by atomic mass is 32.2. The van der Waals surface area contributed by atoms with E-state index in [0.29, 0.717) is 6.42 Å². The molecule has 0 fully saturated rings. The molecule has 11 heteroatoms. The number of carbonyl (C=O) groups is 3. The summed E-state index contributed by atoms with van der Waals surface area (Å²) in [4.78, 5) is 35.1. The van der Waals surface area contributed by atoms with Crippen LogP contribution in [0.5, 0.6) is 0 Å². The van der Waals surface area contributed by atoms with Gasteiger partial charge in [0.25, 0.3) is 10.1 Å². The molecule has 0 aromatic heterocycles. The van der Waals surface area contributed by atoms with Crippen molar-refractivity contribution in [2.45, 2.75) is 66.0 Å². The van der Waals surface area contributed by atoms with Crippen LogP contribution in [0.15, 0.2) is 0 Å². The monoisotopic (exact) mass is 431 g/mol. The van der Waals surface area contributed by atoms with Crippen LogP contribution in [0.2, 0.25) is 0 Å². The van der Waals surface area contributed by atoms with Crippen molar-refractivity contribution in [1.29, 1.82) is 0 Å². The zero-order valence-corrected chi connectivity index (χ0v) is 17.1. The average Bonchev–Trinajstić information content (AvgIpc) is 2.41. The average molecular weight is 432 g/mol. The fourth-order valence-corrected chi connectivity index (χ4v) is 3.39. The molecule has 0 radical (unpaired) electrons. The van der Waals surface area contributed by atoms with Gasteiger partial charge in [0.2, 0.25) is 5.91 Å². The van der Waals surface area contributed by atoms with E-state index in [4.69, 9.17) is 14.0 Å². The maximum absolute atomic E-state index is 12.2. The molecule has 2 N–H and O–H groups in total. The lowest BCUT2D eigenvalue weighted by Gasteiger charge is -2.26. The molecule has 0 aliphatic rings. The van der Waals surface area contributed by atoms with Crippen LogP contribution in [0.3, 0.4) is 0 Å². The normalized spacial score (nSPS) is 13.4. The summed E-state index contributed by atoms with van der Waals surface area (Å²) < 4.78 is 40.7. The van der Waals surface area contributed by atoms with Crippen LogP contribution < -0.4 is 5.32 Å². The molecule has 2 atom stereocenters. The zero-order valence-electron chi connectivity index (χ0n) is 16.3. The second-order valence-corrected chi connectivity index (χ2v) is 8.42. The second kappa shape index (κ2) is 13.6. The van der Waals surface area contributed by atoms with Crippen LogP contribution in [-0.4, -0.2) is 61.7 Å². The lowest BCUT2D eigenvalue weighted by Crippen LogP contribution is -2.48. The van der Waals surface area contributed by atoms with E-state index in [2.05, 4.69) is 5.32 Å². The van der Waals surface area contributed by atoms with Gasteiger partial charge in [0.05, 0.1) is 17.9 Å². The summed E-state index contributed by atoms with van der Waals surface area (Å²) >= 11 is 0. The summed E-state index contributed by atoms with van der Waals surface area (Å²) in [7, 11) is -2.87. The first kappa shape index (κ1) is 31.1. The van der Waals surface area contributed by atoms with Crippen LogP contribution in [0.1, 0.15) is 54.4 Å². The minimum atomic E-state index is -4.25. The van der Waals surface area contributed by atoms with Gasteiger partial charge < -0.3 is 19.6 Å². The zero-order chi connectivity index (χ0) is 20.5. The van der Waals surface area contributed by atoms with Crippen LogP contribution in [0, 0.1) is 5.92 Å². The van der Waals surface area contributed by atoms with Gasteiger partial charge in [-0.2, -0.15) is 8.42 Å². The molecule has 0 aliphatic carbocycles. The Balaban J connectivity index is -0.00000312. The Hall–Kier alpha value is -1.59. The minimum absolute atomic E-state index is 0. The summed E-state index contributed by atoms with van der Waals surface area (Å²) in [5, 5.41) is 2.53. The Bertz CT molecular complexity index is 606. The topological polar surface area (TPSA) is 136 Å². The van der Waals surface area contributed by atoms with Crippen molar-refractivity contribution in [3.8, 4) is 0 Å². The van der Waals surface area contributed by atoms with Gasteiger partial charge in [-0.05, 0) is 40.0 Å². The molecule has 2 unspecified atom stereocenters. The number of ether oxygens (including phenoxy) is 2. The number of amides is 1. The van der Waals surface area contributed by atoms with Gasteiger partial charge in [-0.1, -0.05) is 7.43 Å². The minimum Gasteiger partial charge on any atom is -0.464 e. The van der Waals surface area contributed by atoms with Gasteiger partial charge in [-0.25, -0.2) is 4.79 Å². The molecule has 0 aromatic rings. The lowest BCUT2D eigenvalue weighted by atomic mass is 9.95. The number of rotatable bonds is 12. The van der Waals surface area contributed by atoms with E-state index in [1.807, 2.05) is 0 Å². The standard InChI is InChI=1S/C16H29NO8S.CH4.FH/c1-11(18)8-13(6-7-25-15(20)12(2)24-5)9-14(19)17-16(3,4)10-26(21,22)23;;/h12-13H,6-10H2,1-5H3,(H,17,19)(H,21,22,23);1H4;1H. The smallest absolute Gasteiger partial charge is 0.334 e. The van der Waals surface area contributed by atoms with Crippen molar-refractivity contribution in [1.82, 2.24) is 5.32 Å². The third-order valence-electron chi connectivity index (χ3n) is 3.53. The highest BCUT2D eigenvalue weighted by Gasteiger charge is 2.28. The largest absolute Gasteiger partial charge is 0.464 e. The Morgan fingerprint density at radius 3 is 2.14 bits per heavy atom. The summed E-state index contributed by atoms with van der Waals surface area (Å²) in [5.74, 6) is -2.10. The molecule has 28 heavy (non-hydrogen) atoms. The Labute approximate surface area is 166 Å². The number of carbonyl (C=O) groups excluding carboxylic acids is 3. The fraction of sp³-hybridized carbons (Fsp3) is 0.824. The maximum Gasteiger partial charge on any atom is 0.334 e. The van der Waals surface area contributed by atoms with Crippen LogP contribution in [-0.2, 0) is 34.0 Å². The number of nitrogens with one attached hydrogen (secondary N) is 1. The Morgan fingerprint density at radius 1 is 1.18 bits per heavy atom. The summed E-state index contributed by atoms with van der Waals surface area (Å²) in [6, 6.07) is 0. The molecule has 0 aliphatic heterocycles. The third kappa shape index (κ3) is 15.5. The first-order chi connectivity index (χ1) is 11.8. The van der Waals surface area contributed by atoms with Crippen LogP contribution in [0.4, 0.5) is 4.70 Å². The van der Waals surface area contributed by atoms with E-state index < -0.39 is 39.4 Å². The Morgan fingerprint density at radius 2 is 1.71 bits per heavy atom. The van der Waals surface area contributed by atoms with Crippen molar-refractivity contribution in [2.24, 2.45) is 5.92 Å². The molecule has 0 aromatic carbocycles. The van der Waals surface area contributed by atoms with E-state index in [0.717, 1.165) is 0 Å². The van der Waals surface area contributed by atoms with E-state index in [1.54, 1.807) is 6.92 Å². The molecule has 9 nitrogen and oxygen atoms in total. The van der Waals surface area contributed by atoms with Gasteiger partial charge in [0.1, 0.15) is 5.78 Å². The molecule has 168 valence electrons. The van der Waals surface area contributed by atoms with Crippen LogP contribution >= 0.6 is 0 Å². The van der Waals surface area contributed by atoms with E-state index in [1.165, 1.54) is 27.9 Å². The van der Waals surface area contributed by atoms with E-state index in [9.17, 15) is 22.8 Å². The number of hydrogen-bond donors (Lipinski definition) is 2. The van der Waals surface area contributed by atoms with Gasteiger partial charge in [0.15, 0.2) is 6.10 Å². The number of ketones is 1. The van der Waals surface area contributed by atoms with Crippen molar-refractivity contribution in [2.75, 3.05) is 19.5 Å². The van der Waals surface area contributed by atoms with Gasteiger partial charge in [0, 0.05) is 20.0 Å². The molecule has 0 heterocycles. The van der Waals surface area contributed by atoms with Crippen molar-refractivity contribution < 1.29 is 41.5 Å². The van der Waals surface area contributed by atoms with Crippen molar-refractivity contribution >= 4 is 27.8 Å². The number of methoxy groups -OCH3 is 1. The number of hydrogen-bond acceptors (Lipinski definition) is 7. The molecule has 1 amide bonds. The molecule has 0 spiro atoms. The molecule has 0 saturated heterocycles. The highest BCUT2D eigenvalue weighted by Crippen LogP contribution is 2.16. The summed E-state index contributed by atoms with van der Waals surface area (Å²) in [5.41, 5.74) is -1.16. The quantitative estimate of drug-likeness (QED) is 0.350. The van der Waals surface area contributed by atoms with E-state index in [-0.39, 0.29) is 43.3 Å². The first-order valence-electron chi connectivity index (χ1n) is 8.21. The molecule has 0 bridgehead atoms. The summed E-state index contributed by atoms with van der Waals surface area (Å²) in [6.07, 6.45) is -0.311. The third-order valence-corrected chi connectivity index (χ3v) is 4.61. The van der Waals surface area contributed by atoms with Gasteiger partial charge >= 0.3 is 5.97 Å². The highest BCUT2D eigenvalue weighted by molar-refractivity contribution is 7.85. The van der Waals surface area contributed by atoms with Gasteiger partial charge in [-0.3, -0.25) is 14.1 Å². The number of esters is 1. The molecular formula is C17H34FNO8S. The SMILES string of the molecule is C.COC(C)C(=O)OCCC(CC(C)=O)CC(=O)NC(C)(C)CS(=O)(=O)O.F. The lowest BCUT2D eigenvalue weighted by molar-refractivity contribution is -0.154. The summed E-state index contributed by atoms with van der Waals surface area (Å²) in [6.45, 7) is 5.90. The predicted octanol–water partition coefficient (Wildman–Crippen LogP) is 1.51. The molecular weight excluding hydrogens is 397 g/mol. The van der Waals surface area contributed by atoms with Crippen molar-refractivity contribution in [3.05, 3.63) is 0 Å². The first-order valence-corrected chi connectivity index (χ1v) is 9.81. The predicted molar refractivity (Wildman–Crippen MR) is 103 cm³/mol. The van der Waals surface area contributed by atoms with Crippen LogP contribution in [0.25, 0.3) is 0 Å². The van der Waals surface area contributed by atoms with Crippen molar-refractivity contribution in [3.63, 3.8) is 0 Å². The Kier molecular flexibility index (Phi) is 15.1. The number of halogens is 1. The molecule has 0 rings (SSSR count). The second-order valence-electron chi connectivity index (χ2n) is 6.97. The fourth-order valence-electron chi connectivity index (χ4n) is 2.41. The van der Waals surface area contributed by atoms with E-state index >= 15 is 0 Å². The number of Topliss-reactive ketones (excluding diaryl/α,β-unsaturated/α-hetero) is 1. The maximum atomic E-state index is 12.2.